The molecule has 5 rings (SSSR count). The van der Waals surface area contributed by atoms with Gasteiger partial charge in [0.05, 0.1) is 25.6 Å². The van der Waals surface area contributed by atoms with Crippen LogP contribution in [0.15, 0.2) is 53.7 Å². The molecule has 0 spiro atoms. The third-order valence-electron chi connectivity index (χ3n) is 7.17. The van der Waals surface area contributed by atoms with Gasteiger partial charge in [0.15, 0.2) is 5.65 Å². The van der Waals surface area contributed by atoms with E-state index in [2.05, 4.69) is 25.7 Å². The summed E-state index contributed by atoms with van der Waals surface area (Å²) in [6, 6.07) is 8.15. The van der Waals surface area contributed by atoms with Crippen molar-refractivity contribution in [1.29, 1.82) is 0 Å². The number of ether oxygens (including phenoxy) is 3. The van der Waals surface area contributed by atoms with Gasteiger partial charge in [-0.25, -0.2) is 14.8 Å². The normalized spacial score (nSPS) is 16.5. The van der Waals surface area contributed by atoms with Crippen molar-refractivity contribution in [1.82, 2.24) is 29.5 Å². The van der Waals surface area contributed by atoms with Crippen molar-refractivity contribution >= 4 is 35.0 Å². The first kappa shape index (κ1) is 30.5. The second kappa shape index (κ2) is 12.3. The van der Waals surface area contributed by atoms with E-state index >= 15 is 0 Å². The number of aromatic nitrogens is 5. The lowest BCUT2D eigenvalue weighted by Crippen LogP contribution is -2.35. The van der Waals surface area contributed by atoms with Gasteiger partial charge in [0.1, 0.15) is 40.1 Å². The summed E-state index contributed by atoms with van der Waals surface area (Å²) < 4.78 is 18.9. The molecule has 0 saturated heterocycles. The van der Waals surface area contributed by atoms with Crippen molar-refractivity contribution in [2.24, 2.45) is 0 Å². The van der Waals surface area contributed by atoms with Gasteiger partial charge in [-0.05, 0) is 64.3 Å². The summed E-state index contributed by atoms with van der Waals surface area (Å²) in [5, 5.41) is 10.5. The quantitative estimate of drug-likeness (QED) is 0.304. The van der Waals surface area contributed by atoms with Crippen molar-refractivity contribution in [2.75, 3.05) is 31.5 Å². The molecule has 1 aliphatic carbocycles. The molecule has 1 saturated carbocycles. The van der Waals surface area contributed by atoms with E-state index in [1.165, 1.54) is 40.5 Å². The first-order valence-electron chi connectivity index (χ1n) is 14.2. The molecular formula is C30H36N8O6. The minimum Gasteiger partial charge on any atom is -0.495 e. The first-order chi connectivity index (χ1) is 21.0. The Hall–Kier alpha value is -4.98. The number of pyridine rings is 2. The molecule has 0 aromatic carbocycles. The summed E-state index contributed by atoms with van der Waals surface area (Å²) in [7, 11) is 4.73. The first-order valence-corrected chi connectivity index (χ1v) is 14.2. The number of hydrogen-bond donors (Lipinski definition) is 2. The second-order valence-corrected chi connectivity index (χ2v) is 11.5. The lowest BCUT2D eigenvalue weighted by Gasteiger charge is -2.25. The number of nitrogens with one attached hydrogen (secondary N) is 2. The Morgan fingerprint density at radius 2 is 1.91 bits per heavy atom. The van der Waals surface area contributed by atoms with E-state index in [0.717, 1.165) is 12.8 Å². The maximum atomic E-state index is 13.5. The average molecular weight is 605 g/mol. The van der Waals surface area contributed by atoms with E-state index in [0.29, 0.717) is 18.0 Å². The Balaban J connectivity index is 1.53. The van der Waals surface area contributed by atoms with Gasteiger partial charge in [-0.15, -0.1) is 0 Å². The van der Waals surface area contributed by atoms with E-state index in [9.17, 15) is 14.4 Å². The zero-order valence-electron chi connectivity index (χ0n) is 25.5. The molecule has 0 bridgehead atoms. The smallest absolute Gasteiger partial charge is 0.415 e. The fourth-order valence-electron chi connectivity index (χ4n) is 4.93. The minimum absolute atomic E-state index is 0.0537. The van der Waals surface area contributed by atoms with Gasteiger partial charge in [-0.3, -0.25) is 19.1 Å². The number of carbonyl (C=O) groups excluding carboxylic acids is 2. The summed E-state index contributed by atoms with van der Waals surface area (Å²) in [5.74, 6) is 1.06. The molecule has 14 heteroatoms. The Kier molecular flexibility index (Phi) is 8.54. The number of hydrogen-bond acceptors (Lipinski definition) is 10. The average Bonchev–Trinajstić information content (AvgIpc) is 3.63. The van der Waals surface area contributed by atoms with Crippen LogP contribution in [0, 0.1) is 0 Å². The number of nitrogens with zero attached hydrogens (tertiary/aromatic N) is 6. The van der Waals surface area contributed by atoms with E-state index in [1.807, 2.05) is 0 Å². The molecule has 0 aliphatic heterocycles. The molecule has 1 aliphatic rings. The molecular weight excluding hydrogens is 568 g/mol. The van der Waals surface area contributed by atoms with E-state index in [-0.39, 0.29) is 46.6 Å². The van der Waals surface area contributed by atoms with Gasteiger partial charge in [0.25, 0.3) is 11.5 Å². The summed E-state index contributed by atoms with van der Waals surface area (Å²) in [6.45, 7) is 5.29. The zero-order valence-corrected chi connectivity index (χ0v) is 25.5. The lowest BCUT2D eigenvalue weighted by molar-refractivity contribution is 0.0587. The summed E-state index contributed by atoms with van der Waals surface area (Å²) in [6.07, 6.45) is 6.32. The topological polar surface area (TPSA) is 154 Å². The Morgan fingerprint density at radius 3 is 2.57 bits per heavy atom. The van der Waals surface area contributed by atoms with Crippen molar-refractivity contribution < 1.29 is 23.8 Å². The maximum Gasteiger partial charge on any atom is 0.415 e. The predicted molar refractivity (Wildman–Crippen MR) is 163 cm³/mol. The van der Waals surface area contributed by atoms with E-state index in [4.69, 9.17) is 14.2 Å². The molecule has 2 atom stereocenters. The van der Waals surface area contributed by atoms with Crippen molar-refractivity contribution in [3.8, 4) is 11.6 Å². The van der Waals surface area contributed by atoms with Gasteiger partial charge in [-0.1, -0.05) is 0 Å². The Labute approximate surface area is 254 Å². The van der Waals surface area contributed by atoms with Gasteiger partial charge < -0.3 is 24.8 Å². The van der Waals surface area contributed by atoms with Gasteiger partial charge >= 0.3 is 6.09 Å². The predicted octanol–water partition coefficient (Wildman–Crippen LogP) is 3.70. The third-order valence-corrected chi connectivity index (χ3v) is 7.17. The number of rotatable bonds is 8. The van der Waals surface area contributed by atoms with Crippen LogP contribution in [0.4, 0.5) is 22.1 Å². The highest BCUT2D eigenvalue weighted by molar-refractivity contribution is 6.00. The summed E-state index contributed by atoms with van der Waals surface area (Å²) in [5.41, 5.74) is -0.558. The van der Waals surface area contributed by atoms with Gasteiger partial charge in [0.2, 0.25) is 0 Å². The third kappa shape index (κ3) is 6.49. The molecule has 14 nitrogen and oxygen atoms in total. The number of anilines is 3. The fourth-order valence-corrected chi connectivity index (χ4v) is 4.93. The summed E-state index contributed by atoms with van der Waals surface area (Å²) >= 11 is 0. The van der Waals surface area contributed by atoms with Gasteiger partial charge in [0, 0.05) is 32.5 Å². The molecule has 0 radical (unpaired) electrons. The van der Waals surface area contributed by atoms with Crippen LogP contribution >= 0.6 is 0 Å². The molecule has 4 aromatic heterocycles. The maximum absolute atomic E-state index is 13.5. The molecule has 232 valence electrons. The zero-order chi connectivity index (χ0) is 31.6. The van der Waals surface area contributed by atoms with Crippen LogP contribution in [-0.2, 0) is 9.47 Å². The monoisotopic (exact) mass is 604 g/mol. The van der Waals surface area contributed by atoms with Crippen molar-refractivity contribution in [3.63, 3.8) is 0 Å². The number of carbonyl (C=O) groups is 2. The highest BCUT2D eigenvalue weighted by Gasteiger charge is 2.29. The molecule has 2 amide bonds. The standard InChI is InChI=1S/C30H36N8O6/c1-30(2,3)44-29(41)36(4)25-15-23(34-22-8-7-13-37(28(22)40)24-12-11-20(43-6)16-31-24)35-26-21(17-32-38(25)26)27(39)33-18-9-10-19(14-18)42-5/h7-8,11-13,15-19H,9-10,14H2,1-6H3,(H,33,39)(H,34,35)/t18?,19-/m1/s1. The van der Waals surface area contributed by atoms with Crippen LogP contribution in [-0.4, -0.2) is 75.2 Å². The SMILES string of the molecule is COc1ccc(-n2cccc(Nc3cc(N(C)C(=O)OC(C)(C)C)n4ncc(C(=O)NC5CC[C@@H](OC)C5)c4n3)c2=O)nc1. The van der Waals surface area contributed by atoms with Crippen molar-refractivity contribution in [2.45, 2.75) is 57.8 Å². The largest absolute Gasteiger partial charge is 0.495 e. The number of amides is 2. The van der Waals surface area contributed by atoms with Crippen LogP contribution in [0.25, 0.3) is 11.5 Å². The van der Waals surface area contributed by atoms with E-state index < -0.39 is 17.3 Å². The molecule has 44 heavy (non-hydrogen) atoms. The second-order valence-electron chi connectivity index (χ2n) is 11.5. The van der Waals surface area contributed by atoms with Crippen LogP contribution in [0.3, 0.4) is 0 Å². The molecule has 1 unspecified atom stereocenters. The molecule has 2 N–H and O–H groups in total. The van der Waals surface area contributed by atoms with E-state index in [1.54, 1.807) is 64.4 Å². The molecule has 4 heterocycles. The van der Waals surface area contributed by atoms with Crippen LogP contribution in [0.2, 0.25) is 0 Å². The van der Waals surface area contributed by atoms with Crippen LogP contribution in [0.1, 0.15) is 50.4 Å². The van der Waals surface area contributed by atoms with Gasteiger partial charge in [-0.2, -0.15) is 9.61 Å². The number of methoxy groups -OCH3 is 2. The molecule has 1 fully saturated rings. The summed E-state index contributed by atoms with van der Waals surface area (Å²) in [4.78, 5) is 50.2. The highest BCUT2D eigenvalue weighted by Crippen LogP contribution is 2.26. The molecule has 4 aromatic rings. The number of fused-ring (bicyclic) bond motifs is 1. The van der Waals surface area contributed by atoms with Crippen LogP contribution < -0.4 is 25.8 Å². The lowest BCUT2D eigenvalue weighted by atomic mass is 10.2. The Morgan fingerprint density at radius 1 is 1.11 bits per heavy atom. The minimum atomic E-state index is -0.750. The Bertz CT molecular complexity index is 1730. The highest BCUT2D eigenvalue weighted by atomic mass is 16.6. The fraction of sp³-hybridized carbons (Fsp3) is 0.400. The van der Waals surface area contributed by atoms with Crippen molar-refractivity contribution in [3.05, 3.63) is 64.8 Å². The van der Waals surface area contributed by atoms with Crippen LogP contribution in [0.5, 0.6) is 5.75 Å².